The molecule has 0 saturated carbocycles. The fraction of sp³-hybridized carbons (Fsp3) is 0.364. The monoisotopic (exact) mass is 573 g/mol. The molecular weight excluding hydrogens is 534 g/mol. The summed E-state index contributed by atoms with van der Waals surface area (Å²) in [6.07, 6.45) is 1.88. The van der Waals surface area contributed by atoms with Crippen molar-refractivity contribution in [1.29, 1.82) is 0 Å². The number of anilines is 2. The number of aryl methyl sites for hydroxylation is 1. The summed E-state index contributed by atoms with van der Waals surface area (Å²) in [4.78, 5) is 39.4. The number of benzene rings is 2. The standard InChI is InChI=1S/C33H39N3O6/c1-7-19(2)30(33(39)35-22-11-9-8-10-12-22)36-26-16-14-23-24(18-27(26)38)25(34-20(3)37)15-13-21-17-28(40-4)31(41-5)32(42-6)29(21)23/h8-12,14,16-19,25,30H,7,13,15H2,1-6H3,(H,34,37)(H,35,39)(H,36,38)/t19-,25+,30+/m0/s1. The smallest absolute Gasteiger partial charge is 0.247 e. The van der Waals surface area contributed by atoms with Crippen molar-refractivity contribution in [2.45, 2.75) is 52.1 Å². The SMILES string of the molecule is CC[C@H](C)[C@@H](Nc1ccc2c(cc1=O)[C@H](NC(C)=O)CCc1cc(OC)c(OC)c(OC)c1-2)C(=O)Nc1ccccc1. The van der Waals surface area contributed by atoms with Gasteiger partial charge in [-0.05, 0) is 65.8 Å². The van der Waals surface area contributed by atoms with Gasteiger partial charge in [-0.25, -0.2) is 0 Å². The number of hydrogen-bond acceptors (Lipinski definition) is 7. The van der Waals surface area contributed by atoms with Crippen LogP contribution in [0.3, 0.4) is 0 Å². The first-order valence-corrected chi connectivity index (χ1v) is 14.1. The fourth-order valence-corrected chi connectivity index (χ4v) is 5.44. The fourth-order valence-electron chi connectivity index (χ4n) is 5.44. The summed E-state index contributed by atoms with van der Waals surface area (Å²) in [7, 11) is 4.67. The molecule has 0 aromatic heterocycles. The Morgan fingerprint density at radius 1 is 0.976 bits per heavy atom. The van der Waals surface area contributed by atoms with Crippen LogP contribution in [0.2, 0.25) is 0 Å². The van der Waals surface area contributed by atoms with Gasteiger partial charge in [0, 0.05) is 18.2 Å². The van der Waals surface area contributed by atoms with Crippen LogP contribution in [0.1, 0.15) is 50.8 Å². The van der Waals surface area contributed by atoms with E-state index < -0.39 is 12.1 Å². The van der Waals surface area contributed by atoms with Gasteiger partial charge >= 0.3 is 0 Å². The number of methoxy groups -OCH3 is 3. The molecule has 222 valence electrons. The third-order valence-electron chi connectivity index (χ3n) is 7.76. The van der Waals surface area contributed by atoms with Crippen LogP contribution in [0.4, 0.5) is 11.4 Å². The number of para-hydroxylation sites is 1. The first-order chi connectivity index (χ1) is 20.2. The largest absolute Gasteiger partial charge is 0.493 e. The first kappa shape index (κ1) is 30.4. The van der Waals surface area contributed by atoms with Gasteiger partial charge in [-0.1, -0.05) is 44.5 Å². The Morgan fingerprint density at radius 2 is 1.69 bits per heavy atom. The van der Waals surface area contributed by atoms with E-state index in [2.05, 4.69) is 16.0 Å². The summed E-state index contributed by atoms with van der Waals surface area (Å²) in [5, 5.41) is 9.21. The van der Waals surface area contributed by atoms with Gasteiger partial charge < -0.3 is 30.2 Å². The van der Waals surface area contributed by atoms with Crippen molar-refractivity contribution in [2.24, 2.45) is 5.92 Å². The van der Waals surface area contributed by atoms with E-state index in [0.29, 0.717) is 41.3 Å². The average Bonchev–Trinajstić information content (AvgIpc) is 3.23. The van der Waals surface area contributed by atoms with Gasteiger partial charge in [-0.3, -0.25) is 14.4 Å². The summed E-state index contributed by atoms with van der Waals surface area (Å²) < 4.78 is 17.1. The zero-order valence-corrected chi connectivity index (χ0v) is 25.0. The van der Waals surface area contributed by atoms with Gasteiger partial charge in [0.05, 0.1) is 33.1 Å². The Balaban J connectivity index is 1.87. The van der Waals surface area contributed by atoms with Gasteiger partial charge in [0.1, 0.15) is 6.04 Å². The number of nitrogens with one attached hydrogen (secondary N) is 3. The second kappa shape index (κ2) is 13.4. The number of ether oxygens (including phenoxy) is 3. The normalized spacial score (nSPS) is 15.1. The van der Waals surface area contributed by atoms with Crippen LogP contribution in [0.5, 0.6) is 17.2 Å². The molecule has 3 atom stereocenters. The van der Waals surface area contributed by atoms with Crippen LogP contribution in [-0.2, 0) is 16.0 Å². The van der Waals surface area contributed by atoms with Crippen LogP contribution >= 0.6 is 0 Å². The van der Waals surface area contributed by atoms with E-state index in [4.69, 9.17) is 14.2 Å². The predicted molar refractivity (Wildman–Crippen MR) is 165 cm³/mol. The van der Waals surface area contributed by atoms with E-state index in [1.807, 2.05) is 56.3 Å². The van der Waals surface area contributed by atoms with Crippen molar-refractivity contribution < 1.29 is 23.8 Å². The van der Waals surface area contributed by atoms with Crippen LogP contribution in [0.15, 0.2) is 59.4 Å². The molecule has 9 heteroatoms. The molecule has 1 aliphatic rings. The number of hydrogen-bond donors (Lipinski definition) is 3. The number of amides is 2. The topological polar surface area (TPSA) is 115 Å². The molecule has 0 spiro atoms. The van der Waals surface area contributed by atoms with Gasteiger partial charge in [0.15, 0.2) is 11.5 Å². The maximum atomic E-state index is 13.8. The highest BCUT2D eigenvalue weighted by molar-refractivity contribution is 5.96. The summed E-state index contributed by atoms with van der Waals surface area (Å²) in [5.74, 6) is 0.934. The summed E-state index contributed by atoms with van der Waals surface area (Å²) in [6, 6.07) is 15.1. The minimum Gasteiger partial charge on any atom is -0.493 e. The Bertz CT molecular complexity index is 1510. The summed E-state index contributed by atoms with van der Waals surface area (Å²) >= 11 is 0. The molecule has 0 saturated heterocycles. The Kier molecular flexibility index (Phi) is 9.72. The molecule has 2 amide bonds. The molecule has 0 aliphatic heterocycles. The molecule has 0 radical (unpaired) electrons. The Hall–Kier alpha value is -4.53. The minimum atomic E-state index is -0.664. The zero-order chi connectivity index (χ0) is 30.4. The molecule has 4 rings (SSSR count). The quantitative estimate of drug-likeness (QED) is 0.300. The van der Waals surface area contributed by atoms with Gasteiger partial charge in [0.2, 0.25) is 23.0 Å². The zero-order valence-electron chi connectivity index (χ0n) is 25.0. The molecule has 3 aromatic rings. The third kappa shape index (κ3) is 6.35. The van der Waals surface area contributed by atoms with Crippen molar-refractivity contribution in [1.82, 2.24) is 5.32 Å². The Labute approximate surface area is 246 Å². The molecular formula is C33H39N3O6. The molecule has 3 N–H and O–H groups in total. The molecule has 0 unspecified atom stereocenters. The van der Waals surface area contributed by atoms with Gasteiger partial charge in [-0.15, -0.1) is 0 Å². The van der Waals surface area contributed by atoms with Crippen molar-refractivity contribution in [3.05, 3.63) is 75.9 Å². The lowest BCUT2D eigenvalue weighted by atomic mass is 9.95. The number of fused-ring (bicyclic) bond motifs is 3. The van der Waals surface area contributed by atoms with Crippen LogP contribution in [0.25, 0.3) is 11.1 Å². The van der Waals surface area contributed by atoms with E-state index in [0.717, 1.165) is 23.1 Å². The van der Waals surface area contributed by atoms with Crippen molar-refractivity contribution in [3.63, 3.8) is 0 Å². The number of carbonyl (C=O) groups excluding carboxylic acids is 2. The third-order valence-corrected chi connectivity index (χ3v) is 7.76. The maximum Gasteiger partial charge on any atom is 0.247 e. The molecule has 0 bridgehead atoms. The lowest BCUT2D eigenvalue weighted by Gasteiger charge is -2.24. The lowest BCUT2D eigenvalue weighted by Crippen LogP contribution is -2.40. The lowest BCUT2D eigenvalue weighted by molar-refractivity contribution is -0.120. The highest BCUT2D eigenvalue weighted by Crippen LogP contribution is 2.50. The second-order valence-corrected chi connectivity index (χ2v) is 10.5. The highest BCUT2D eigenvalue weighted by atomic mass is 16.5. The number of rotatable bonds is 10. The van der Waals surface area contributed by atoms with E-state index in [1.165, 1.54) is 6.92 Å². The maximum absolute atomic E-state index is 13.8. The van der Waals surface area contributed by atoms with Crippen LogP contribution < -0.4 is 35.6 Å². The molecule has 3 aromatic carbocycles. The van der Waals surface area contributed by atoms with E-state index in [-0.39, 0.29) is 28.8 Å². The van der Waals surface area contributed by atoms with Crippen LogP contribution in [0, 0.1) is 5.92 Å². The second-order valence-electron chi connectivity index (χ2n) is 10.5. The minimum absolute atomic E-state index is 0.0684. The van der Waals surface area contributed by atoms with Crippen LogP contribution in [-0.4, -0.2) is 39.2 Å². The molecule has 0 heterocycles. The molecule has 9 nitrogen and oxygen atoms in total. The van der Waals surface area contributed by atoms with E-state index in [1.54, 1.807) is 33.5 Å². The van der Waals surface area contributed by atoms with E-state index >= 15 is 0 Å². The molecule has 1 aliphatic carbocycles. The van der Waals surface area contributed by atoms with Crippen molar-refractivity contribution >= 4 is 23.2 Å². The van der Waals surface area contributed by atoms with Crippen molar-refractivity contribution in [3.8, 4) is 28.4 Å². The average molecular weight is 574 g/mol. The molecule has 42 heavy (non-hydrogen) atoms. The van der Waals surface area contributed by atoms with Crippen molar-refractivity contribution in [2.75, 3.05) is 32.0 Å². The summed E-state index contributed by atoms with van der Waals surface area (Å²) in [6.45, 7) is 5.43. The highest BCUT2D eigenvalue weighted by Gasteiger charge is 2.30. The first-order valence-electron chi connectivity index (χ1n) is 14.1. The van der Waals surface area contributed by atoms with Gasteiger partial charge in [0.25, 0.3) is 0 Å². The molecule has 0 fully saturated rings. The summed E-state index contributed by atoms with van der Waals surface area (Å²) in [5.41, 5.74) is 3.73. The van der Waals surface area contributed by atoms with Gasteiger partial charge in [-0.2, -0.15) is 0 Å². The van der Waals surface area contributed by atoms with E-state index in [9.17, 15) is 14.4 Å². The Morgan fingerprint density at radius 3 is 2.31 bits per heavy atom. The predicted octanol–water partition coefficient (Wildman–Crippen LogP) is 5.33. The number of carbonyl (C=O) groups is 2.